The number of ether oxygens (including phenoxy) is 2. The normalized spacial score (nSPS) is 12.6. The van der Waals surface area contributed by atoms with Gasteiger partial charge in [0.1, 0.15) is 16.9 Å². The van der Waals surface area contributed by atoms with Crippen molar-refractivity contribution in [3.05, 3.63) is 97.6 Å². The Labute approximate surface area is 236 Å². The molecule has 0 saturated heterocycles. The molecule has 1 amide bonds. The SMILES string of the molecule is C=C/C=C/C(=C(\C)CC(=O)N=c1c(C(=O)OCC)cc2c(=O)n3cccc(C)c3nc2n1CCCOCC)[N+](=O)[O-]. The standard InChI is InChI=1S/C29H33N5O7/c1-6-9-13-23(34(38)39)20(5)17-24(35)30-27-22(29(37)41-8-3)18-21-26(32(27)15-11-16-40-7-2)31-25-19(4)12-10-14-33(25)28(21)36/h6,9-10,12-14,18H,1,7-8,11,15-17H2,2-5H3/b13-9+,23-20-,30-27?. The largest absolute Gasteiger partial charge is 0.462 e. The van der Waals surface area contributed by atoms with E-state index in [1.807, 2.05) is 19.9 Å². The molecule has 0 spiro atoms. The predicted molar refractivity (Wildman–Crippen MR) is 153 cm³/mol. The first-order valence-corrected chi connectivity index (χ1v) is 13.2. The lowest BCUT2D eigenvalue weighted by Crippen LogP contribution is -2.33. The number of fused-ring (bicyclic) bond motifs is 2. The Kier molecular flexibility index (Phi) is 10.6. The fraction of sp³-hybridized carbons (Fsp3) is 0.345. The summed E-state index contributed by atoms with van der Waals surface area (Å²) in [6.07, 6.45) is 5.69. The van der Waals surface area contributed by atoms with Gasteiger partial charge in [-0.25, -0.2) is 9.78 Å². The minimum Gasteiger partial charge on any atom is -0.462 e. The van der Waals surface area contributed by atoms with E-state index in [0.29, 0.717) is 25.3 Å². The van der Waals surface area contributed by atoms with Gasteiger partial charge in [-0.1, -0.05) is 24.8 Å². The summed E-state index contributed by atoms with van der Waals surface area (Å²) in [7, 11) is 0. The number of esters is 1. The van der Waals surface area contributed by atoms with Gasteiger partial charge in [0, 0.05) is 37.6 Å². The van der Waals surface area contributed by atoms with E-state index < -0.39 is 22.4 Å². The van der Waals surface area contributed by atoms with Crippen molar-refractivity contribution in [2.45, 2.75) is 47.1 Å². The molecule has 216 valence electrons. The molecule has 3 heterocycles. The Balaban J connectivity index is 2.37. The Bertz CT molecular complexity index is 1700. The summed E-state index contributed by atoms with van der Waals surface area (Å²) in [5.74, 6) is -1.51. The van der Waals surface area contributed by atoms with Gasteiger partial charge in [-0.3, -0.25) is 24.1 Å². The molecule has 3 aromatic rings. The summed E-state index contributed by atoms with van der Waals surface area (Å²) < 4.78 is 13.7. The molecule has 0 radical (unpaired) electrons. The quantitative estimate of drug-likeness (QED) is 0.0810. The van der Waals surface area contributed by atoms with Crippen LogP contribution in [0.4, 0.5) is 0 Å². The third-order valence-corrected chi connectivity index (χ3v) is 6.15. The minimum absolute atomic E-state index is 0.0480. The van der Waals surface area contributed by atoms with Crippen LogP contribution in [0.1, 0.15) is 49.5 Å². The number of carbonyl (C=O) groups is 2. The fourth-order valence-corrected chi connectivity index (χ4v) is 4.24. The summed E-state index contributed by atoms with van der Waals surface area (Å²) in [5, 5.41) is 11.7. The molecule has 0 aliphatic rings. The first kappa shape index (κ1) is 30.8. The topological polar surface area (TPSA) is 147 Å². The van der Waals surface area contributed by atoms with Crippen molar-refractivity contribution in [2.75, 3.05) is 19.8 Å². The van der Waals surface area contributed by atoms with E-state index >= 15 is 0 Å². The minimum atomic E-state index is -0.777. The van der Waals surface area contributed by atoms with Gasteiger partial charge in [0.05, 0.1) is 23.3 Å². The molecule has 0 N–H and O–H groups in total. The first-order valence-electron chi connectivity index (χ1n) is 13.2. The van der Waals surface area contributed by atoms with Crippen LogP contribution >= 0.6 is 0 Å². The number of nitrogens with zero attached hydrogens (tertiary/aromatic N) is 5. The summed E-state index contributed by atoms with van der Waals surface area (Å²) in [6.45, 7) is 11.4. The molecule has 0 bridgehead atoms. The van der Waals surface area contributed by atoms with Crippen molar-refractivity contribution in [3.8, 4) is 0 Å². The highest BCUT2D eigenvalue weighted by Gasteiger charge is 2.21. The summed E-state index contributed by atoms with van der Waals surface area (Å²) in [6, 6.07) is 4.87. The number of carbonyl (C=O) groups excluding carboxylic acids is 2. The van der Waals surface area contributed by atoms with Crippen LogP contribution in [0, 0.1) is 17.0 Å². The molecule has 12 nitrogen and oxygen atoms in total. The van der Waals surface area contributed by atoms with Crippen molar-refractivity contribution in [3.63, 3.8) is 0 Å². The lowest BCUT2D eigenvalue weighted by atomic mass is 10.1. The number of amides is 1. The van der Waals surface area contributed by atoms with Crippen LogP contribution in [0.15, 0.2) is 70.3 Å². The molecular formula is C29H33N5O7. The Morgan fingerprint density at radius 3 is 2.66 bits per heavy atom. The van der Waals surface area contributed by atoms with E-state index in [9.17, 15) is 24.5 Å². The number of aryl methyl sites for hydroxylation is 2. The second kappa shape index (κ2) is 14.1. The van der Waals surface area contributed by atoms with Crippen LogP contribution in [0.25, 0.3) is 16.7 Å². The van der Waals surface area contributed by atoms with Crippen molar-refractivity contribution in [1.82, 2.24) is 14.0 Å². The lowest BCUT2D eigenvalue weighted by molar-refractivity contribution is -0.420. The van der Waals surface area contributed by atoms with Crippen LogP contribution in [-0.2, 0) is 20.8 Å². The maximum Gasteiger partial charge on any atom is 0.341 e. The van der Waals surface area contributed by atoms with E-state index in [1.54, 1.807) is 19.2 Å². The summed E-state index contributed by atoms with van der Waals surface area (Å²) in [5.41, 5.74) is 0.731. The number of rotatable bonds is 12. The number of hydrogen-bond acceptors (Lipinski definition) is 8. The second-order valence-corrected chi connectivity index (χ2v) is 9.04. The van der Waals surface area contributed by atoms with Gasteiger partial charge in [-0.05, 0) is 51.8 Å². The fourth-order valence-electron chi connectivity index (χ4n) is 4.24. The van der Waals surface area contributed by atoms with Gasteiger partial charge in [-0.2, -0.15) is 4.99 Å². The molecule has 0 aliphatic carbocycles. The average Bonchev–Trinajstić information content (AvgIpc) is 2.92. The smallest absolute Gasteiger partial charge is 0.341 e. The van der Waals surface area contributed by atoms with E-state index in [4.69, 9.17) is 14.5 Å². The maximum absolute atomic E-state index is 13.6. The van der Waals surface area contributed by atoms with Gasteiger partial charge in [0.25, 0.3) is 17.2 Å². The molecule has 3 aromatic heterocycles. The number of pyridine rings is 2. The number of nitro groups is 1. The zero-order valence-electron chi connectivity index (χ0n) is 23.6. The average molecular weight is 564 g/mol. The van der Waals surface area contributed by atoms with E-state index in [-0.39, 0.29) is 52.9 Å². The van der Waals surface area contributed by atoms with Crippen molar-refractivity contribution in [2.24, 2.45) is 4.99 Å². The van der Waals surface area contributed by atoms with Crippen molar-refractivity contribution < 1.29 is 24.0 Å². The van der Waals surface area contributed by atoms with Gasteiger partial charge in [-0.15, -0.1) is 0 Å². The molecular weight excluding hydrogens is 530 g/mol. The molecule has 41 heavy (non-hydrogen) atoms. The zero-order valence-corrected chi connectivity index (χ0v) is 23.6. The lowest BCUT2D eigenvalue weighted by Gasteiger charge is -2.15. The van der Waals surface area contributed by atoms with E-state index in [1.165, 1.54) is 40.2 Å². The zero-order chi connectivity index (χ0) is 30.1. The van der Waals surface area contributed by atoms with Crippen LogP contribution in [0.2, 0.25) is 0 Å². The summed E-state index contributed by atoms with van der Waals surface area (Å²) in [4.78, 5) is 59.8. The Morgan fingerprint density at radius 2 is 2.00 bits per heavy atom. The molecule has 0 unspecified atom stereocenters. The third-order valence-electron chi connectivity index (χ3n) is 6.15. The number of aromatic nitrogens is 3. The van der Waals surface area contributed by atoms with E-state index in [2.05, 4.69) is 11.6 Å². The molecule has 0 aliphatic heterocycles. The van der Waals surface area contributed by atoms with Gasteiger partial charge >= 0.3 is 5.97 Å². The highest BCUT2D eigenvalue weighted by molar-refractivity contribution is 5.94. The van der Waals surface area contributed by atoms with E-state index in [0.717, 1.165) is 5.56 Å². The molecule has 3 rings (SSSR count). The molecule has 0 atom stereocenters. The number of allylic oxidation sites excluding steroid dienone is 3. The Hall–Kier alpha value is -4.71. The van der Waals surface area contributed by atoms with Crippen molar-refractivity contribution >= 4 is 28.6 Å². The summed E-state index contributed by atoms with van der Waals surface area (Å²) >= 11 is 0. The molecule has 0 aromatic carbocycles. The van der Waals surface area contributed by atoms with Gasteiger partial charge < -0.3 is 14.0 Å². The maximum atomic E-state index is 13.6. The van der Waals surface area contributed by atoms with Gasteiger partial charge in [0.2, 0.25) is 0 Å². The molecule has 0 saturated carbocycles. The van der Waals surface area contributed by atoms with Gasteiger partial charge in [0.15, 0.2) is 5.49 Å². The highest BCUT2D eigenvalue weighted by Crippen LogP contribution is 2.15. The second-order valence-electron chi connectivity index (χ2n) is 9.04. The predicted octanol–water partition coefficient (Wildman–Crippen LogP) is 3.67. The number of hydrogen-bond donors (Lipinski definition) is 0. The van der Waals surface area contributed by atoms with Crippen LogP contribution < -0.4 is 11.0 Å². The van der Waals surface area contributed by atoms with Crippen LogP contribution in [0.3, 0.4) is 0 Å². The molecule has 0 fully saturated rings. The Morgan fingerprint density at radius 1 is 1.24 bits per heavy atom. The highest BCUT2D eigenvalue weighted by atomic mass is 16.6. The van der Waals surface area contributed by atoms with Crippen molar-refractivity contribution in [1.29, 1.82) is 0 Å². The third kappa shape index (κ3) is 7.09. The first-order chi connectivity index (χ1) is 19.6. The molecule has 12 heteroatoms. The monoisotopic (exact) mass is 563 g/mol. The van der Waals surface area contributed by atoms with Crippen LogP contribution in [0.5, 0.6) is 0 Å². The van der Waals surface area contributed by atoms with Crippen LogP contribution in [-0.4, -0.2) is 50.6 Å².